The summed E-state index contributed by atoms with van der Waals surface area (Å²) in [6, 6.07) is 7.18. The fraction of sp³-hybridized carbons (Fsp3) is 0.467. The highest BCUT2D eigenvalue weighted by Crippen LogP contribution is 2.58. The molecule has 1 fully saturated rings. The molecular formula is C30H34ClN3O5. The van der Waals surface area contributed by atoms with Crippen molar-refractivity contribution in [2.24, 2.45) is 10.8 Å². The van der Waals surface area contributed by atoms with Gasteiger partial charge in [0.1, 0.15) is 24.2 Å². The van der Waals surface area contributed by atoms with Crippen molar-refractivity contribution >= 4 is 29.2 Å². The molecule has 9 heteroatoms. The zero-order valence-electron chi connectivity index (χ0n) is 25.5. The first-order valence-corrected chi connectivity index (χ1v) is 12.9. The van der Waals surface area contributed by atoms with Crippen LogP contribution < -0.4 is 4.74 Å². The third kappa shape index (κ3) is 6.89. The van der Waals surface area contributed by atoms with Crippen LogP contribution in [0.25, 0.3) is 4.85 Å². The highest BCUT2D eigenvalue weighted by Gasteiger charge is 2.65. The van der Waals surface area contributed by atoms with Gasteiger partial charge in [-0.05, 0) is 43.0 Å². The van der Waals surface area contributed by atoms with E-state index >= 15 is 0 Å². The van der Waals surface area contributed by atoms with Crippen molar-refractivity contribution in [3.05, 3.63) is 64.2 Å². The van der Waals surface area contributed by atoms with E-state index < -0.39 is 41.8 Å². The first-order valence-electron chi connectivity index (χ1n) is 14.0. The van der Waals surface area contributed by atoms with Crippen molar-refractivity contribution in [3.8, 4) is 17.6 Å². The Morgan fingerprint density at radius 2 is 1.97 bits per heavy atom. The van der Waals surface area contributed by atoms with Gasteiger partial charge in [0.2, 0.25) is 5.69 Å². The number of carbonyl (C=O) groups excluding carboxylic acids is 1. The van der Waals surface area contributed by atoms with Gasteiger partial charge in [-0.25, -0.2) is 14.6 Å². The zero-order valence-corrected chi connectivity index (χ0v) is 23.2. The zero-order chi connectivity index (χ0) is 31.3. The Morgan fingerprint density at radius 3 is 2.56 bits per heavy atom. The number of ether oxygens (including phenoxy) is 2. The summed E-state index contributed by atoms with van der Waals surface area (Å²) in [5.74, 6) is 4.68. The minimum absolute atomic E-state index is 0.129. The second-order valence-electron chi connectivity index (χ2n) is 10.6. The molecule has 2 aromatic rings. The van der Waals surface area contributed by atoms with Crippen LogP contribution in [-0.2, 0) is 9.53 Å². The highest BCUT2D eigenvalue weighted by molar-refractivity contribution is 6.33. The Hall–Kier alpha value is -3.59. The molecule has 0 spiro atoms. The van der Waals surface area contributed by atoms with Crippen molar-refractivity contribution in [1.82, 2.24) is 9.88 Å². The van der Waals surface area contributed by atoms with E-state index in [0.717, 1.165) is 11.3 Å². The topological polar surface area (TPSA) is 93.3 Å². The van der Waals surface area contributed by atoms with E-state index in [-0.39, 0.29) is 17.2 Å². The van der Waals surface area contributed by atoms with Gasteiger partial charge in [0, 0.05) is 47.2 Å². The van der Waals surface area contributed by atoms with Crippen LogP contribution in [0.1, 0.15) is 67.1 Å². The lowest BCUT2D eigenvalue weighted by atomic mass is 9.49. The highest BCUT2D eigenvalue weighted by atomic mass is 35.5. The summed E-state index contributed by atoms with van der Waals surface area (Å²) in [5, 5.41) is 8.81. The number of nitrogens with zero attached hydrogens (tertiary/aromatic N) is 3. The third-order valence-corrected chi connectivity index (χ3v) is 7.13. The number of carbonyl (C=O) groups is 2. The molecular weight excluding hydrogens is 518 g/mol. The molecule has 0 radical (unpaired) electrons. The summed E-state index contributed by atoms with van der Waals surface area (Å²) < 4.78 is 36.0. The molecule has 3 rings (SSSR count). The quantitative estimate of drug-likeness (QED) is 0.224. The number of hydrogen-bond acceptors (Lipinski definition) is 5. The minimum atomic E-state index is -2.73. The molecule has 1 heterocycles. The molecule has 8 nitrogen and oxygen atoms in total. The molecule has 206 valence electrons. The SMILES string of the molecule is [2H]C([2H])([2H])N(C(=O)c1ccc(C#CCCCCOCC(=O)O)nc1)C1C(C)(C)C(Oc2ccc([N+]#[C-])c(Cl)c2)C1(C)C. The number of hydrogen-bond donors (Lipinski definition) is 1. The first kappa shape index (κ1) is 25.7. The average molecular weight is 555 g/mol. The van der Waals surface area contributed by atoms with Gasteiger partial charge >= 0.3 is 5.97 Å². The van der Waals surface area contributed by atoms with Gasteiger partial charge < -0.3 is 19.5 Å². The molecule has 1 saturated carbocycles. The molecule has 0 bridgehead atoms. The summed E-state index contributed by atoms with van der Waals surface area (Å²) in [5.41, 5.74) is -0.634. The number of carboxylic acid groups (broad SMARTS) is 1. The molecule has 0 saturated heterocycles. The van der Waals surface area contributed by atoms with E-state index in [4.69, 9.17) is 36.9 Å². The fourth-order valence-electron chi connectivity index (χ4n) is 5.45. The molecule has 0 aliphatic heterocycles. The van der Waals surface area contributed by atoms with Gasteiger partial charge in [0.15, 0.2) is 0 Å². The Morgan fingerprint density at radius 1 is 1.23 bits per heavy atom. The van der Waals surface area contributed by atoms with Crippen LogP contribution in [0.3, 0.4) is 0 Å². The number of aliphatic carboxylic acids is 1. The van der Waals surface area contributed by atoms with E-state index in [1.807, 2.05) is 27.7 Å². The number of unbranched alkanes of at least 4 members (excludes halogenated alkanes) is 2. The molecule has 1 N–H and O–H groups in total. The van der Waals surface area contributed by atoms with Crippen LogP contribution in [0.4, 0.5) is 5.69 Å². The van der Waals surface area contributed by atoms with Gasteiger partial charge in [-0.15, -0.1) is 0 Å². The van der Waals surface area contributed by atoms with Crippen molar-refractivity contribution in [3.63, 3.8) is 0 Å². The summed E-state index contributed by atoms with van der Waals surface area (Å²) in [6.45, 7) is 11.9. The van der Waals surface area contributed by atoms with Crippen molar-refractivity contribution in [2.75, 3.05) is 20.2 Å². The van der Waals surface area contributed by atoms with E-state index in [1.54, 1.807) is 24.3 Å². The number of pyridine rings is 1. The van der Waals surface area contributed by atoms with E-state index in [2.05, 4.69) is 21.7 Å². The number of halogens is 1. The Labute approximate surface area is 239 Å². The van der Waals surface area contributed by atoms with E-state index in [1.165, 1.54) is 12.3 Å². The van der Waals surface area contributed by atoms with Crippen LogP contribution in [0.2, 0.25) is 5.02 Å². The normalized spacial score (nSPS) is 20.1. The first-order chi connectivity index (χ1) is 19.6. The third-order valence-electron chi connectivity index (χ3n) is 6.82. The molecule has 0 unspecified atom stereocenters. The fourth-order valence-corrected chi connectivity index (χ4v) is 5.66. The summed E-state index contributed by atoms with van der Waals surface area (Å²) in [6.07, 6.45) is 2.85. The molecule has 1 aliphatic carbocycles. The Bertz CT molecular complexity index is 1390. The van der Waals surface area contributed by atoms with Crippen LogP contribution in [0.5, 0.6) is 5.75 Å². The van der Waals surface area contributed by atoms with Gasteiger partial charge in [-0.2, -0.15) is 0 Å². The molecule has 1 aromatic heterocycles. The lowest BCUT2D eigenvalue weighted by Gasteiger charge is -2.65. The number of amides is 1. The minimum Gasteiger partial charge on any atom is -0.489 e. The second-order valence-corrected chi connectivity index (χ2v) is 11.0. The van der Waals surface area contributed by atoms with Crippen molar-refractivity contribution < 1.29 is 28.3 Å². The average Bonchev–Trinajstić information content (AvgIpc) is 2.90. The largest absolute Gasteiger partial charge is 0.489 e. The molecule has 1 aliphatic rings. The molecule has 0 atom stereocenters. The second kappa shape index (κ2) is 12.5. The predicted molar refractivity (Wildman–Crippen MR) is 149 cm³/mol. The van der Waals surface area contributed by atoms with Gasteiger partial charge in [0.05, 0.1) is 17.2 Å². The van der Waals surface area contributed by atoms with E-state index in [9.17, 15) is 9.59 Å². The standard InChI is InChI=1S/C30H34ClN3O5/c1-29(2)27(30(3,4)28(29)39-22-14-15-24(32-5)23(31)17-22)34(6)26(37)20-12-13-21(33-18-20)11-9-7-8-10-16-38-19-25(35)36/h12-15,17-18,27-28H,7-8,10,16,19H2,1-4,6H3,(H,35,36)/i6D3. The number of aromatic nitrogens is 1. The number of benzene rings is 1. The van der Waals surface area contributed by atoms with Crippen LogP contribution in [0, 0.1) is 29.2 Å². The summed E-state index contributed by atoms with van der Waals surface area (Å²) in [7, 11) is 0. The molecule has 1 aromatic carbocycles. The van der Waals surface area contributed by atoms with Crippen LogP contribution >= 0.6 is 11.6 Å². The van der Waals surface area contributed by atoms with Crippen LogP contribution in [-0.4, -0.2) is 59.2 Å². The Balaban J connectivity index is 1.72. The van der Waals surface area contributed by atoms with Gasteiger partial charge in [0.25, 0.3) is 5.91 Å². The maximum absolute atomic E-state index is 13.7. The lowest BCUT2D eigenvalue weighted by molar-refractivity contribution is -0.195. The van der Waals surface area contributed by atoms with Crippen molar-refractivity contribution in [1.29, 1.82) is 0 Å². The predicted octanol–water partition coefficient (Wildman–Crippen LogP) is 5.86. The molecule has 1 amide bonds. The monoisotopic (exact) mass is 554 g/mol. The van der Waals surface area contributed by atoms with E-state index in [0.29, 0.717) is 36.6 Å². The number of rotatable bonds is 10. The maximum Gasteiger partial charge on any atom is 0.329 e. The van der Waals surface area contributed by atoms with Crippen molar-refractivity contribution in [2.45, 2.75) is 59.1 Å². The lowest BCUT2D eigenvalue weighted by Crippen LogP contribution is -2.74. The summed E-state index contributed by atoms with van der Waals surface area (Å²) in [4.78, 5) is 32.7. The summed E-state index contributed by atoms with van der Waals surface area (Å²) >= 11 is 6.19. The Kier molecular flexibility index (Phi) is 8.24. The van der Waals surface area contributed by atoms with Gasteiger partial charge in [-0.3, -0.25) is 4.79 Å². The smallest absolute Gasteiger partial charge is 0.329 e. The maximum atomic E-state index is 13.7. The van der Waals surface area contributed by atoms with Gasteiger partial charge in [-0.1, -0.05) is 51.3 Å². The number of carboxylic acids is 1. The van der Waals surface area contributed by atoms with Crippen LogP contribution in [0.15, 0.2) is 36.5 Å². The molecule has 39 heavy (non-hydrogen) atoms.